The number of nitrogens with one attached hydrogen (secondary N) is 1. The molecule has 0 spiro atoms. The first kappa shape index (κ1) is 17.2. The molecule has 1 heterocycles. The highest BCUT2D eigenvalue weighted by Gasteiger charge is 2.22. The standard InChI is InChI=1S/C19H28FN3O/c20-16-6-7-18-15(13-16)8-10-23(18)11-9-22-19(24)17(21)12-14-4-2-1-3-5-14/h6-7,13-14,17H,1-5,8-12,21H2,(H,22,24)/t17-/m0/s1. The van der Waals surface area contributed by atoms with E-state index < -0.39 is 6.04 Å². The summed E-state index contributed by atoms with van der Waals surface area (Å²) in [5.74, 6) is 0.386. The van der Waals surface area contributed by atoms with Gasteiger partial charge in [0, 0.05) is 25.3 Å². The van der Waals surface area contributed by atoms with Crippen molar-refractivity contribution in [1.82, 2.24) is 5.32 Å². The Morgan fingerprint density at radius 1 is 1.33 bits per heavy atom. The van der Waals surface area contributed by atoms with E-state index >= 15 is 0 Å². The molecule has 3 N–H and O–H groups in total. The molecule has 1 amide bonds. The number of rotatable bonds is 6. The van der Waals surface area contributed by atoms with Gasteiger partial charge >= 0.3 is 0 Å². The van der Waals surface area contributed by atoms with Crippen LogP contribution in [0, 0.1) is 11.7 Å². The Bertz CT molecular complexity index is 572. The van der Waals surface area contributed by atoms with Gasteiger partial charge < -0.3 is 16.0 Å². The summed E-state index contributed by atoms with van der Waals surface area (Å²) in [5, 5.41) is 2.96. The first-order chi connectivity index (χ1) is 11.6. The van der Waals surface area contributed by atoms with Gasteiger partial charge in [-0.05, 0) is 42.5 Å². The molecule has 1 atom stereocenters. The van der Waals surface area contributed by atoms with Crippen molar-refractivity contribution in [3.05, 3.63) is 29.6 Å². The molecule has 3 rings (SSSR count). The number of halogens is 1. The molecular weight excluding hydrogens is 305 g/mol. The fourth-order valence-electron chi connectivity index (χ4n) is 4.01. The number of hydrogen-bond donors (Lipinski definition) is 2. The lowest BCUT2D eigenvalue weighted by Gasteiger charge is -2.24. The van der Waals surface area contributed by atoms with E-state index in [1.165, 1.54) is 38.2 Å². The lowest BCUT2D eigenvalue weighted by Crippen LogP contribution is -2.44. The van der Waals surface area contributed by atoms with Gasteiger partial charge in [-0.3, -0.25) is 4.79 Å². The van der Waals surface area contributed by atoms with Crippen LogP contribution in [0.3, 0.4) is 0 Å². The van der Waals surface area contributed by atoms with Crippen LogP contribution in [0.15, 0.2) is 18.2 Å². The summed E-state index contributed by atoms with van der Waals surface area (Å²) in [6, 6.07) is 4.53. The molecule has 0 aromatic heterocycles. The van der Waals surface area contributed by atoms with E-state index in [2.05, 4.69) is 10.2 Å². The number of nitrogens with zero attached hydrogens (tertiary/aromatic N) is 1. The van der Waals surface area contributed by atoms with E-state index in [9.17, 15) is 9.18 Å². The van der Waals surface area contributed by atoms with Crippen molar-refractivity contribution < 1.29 is 9.18 Å². The van der Waals surface area contributed by atoms with E-state index in [1.54, 1.807) is 6.07 Å². The molecule has 1 aromatic carbocycles. The van der Waals surface area contributed by atoms with Crippen LogP contribution in [0.5, 0.6) is 0 Å². The number of benzene rings is 1. The van der Waals surface area contributed by atoms with Gasteiger partial charge in [0.1, 0.15) is 5.82 Å². The maximum atomic E-state index is 13.2. The highest BCUT2D eigenvalue weighted by Crippen LogP contribution is 2.28. The molecule has 24 heavy (non-hydrogen) atoms. The summed E-state index contributed by atoms with van der Waals surface area (Å²) in [4.78, 5) is 14.4. The molecule has 4 nitrogen and oxygen atoms in total. The molecule has 132 valence electrons. The summed E-state index contributed by atoms with van der Waals surface area (Å²) < 4.78 is 13.2. The van der Waals surface area contributed by atoms with Crippen LogP contribution in [-0.4, -0.2) is 31.6 Å². The van der Waals surface area contributed by atoms with Gasteiger partial charge in [-0.1, -0.05) is 32.1 Å². The van der Waals surface area contributed by atoms with Crippen molar-refractivity contribution in [3.8, 4) is 0 Å². The second-order valence-corrected chi connectivity index (χ2v) is 7.15. The summed E-state index contributed by atoms with van der Waals surface area (Å²) in [6.45, 7) is 2.19. The SMILES string of the molecule is N[C@@H](CC1CCCCC1)C(=O)NCCN1CCc2cc(F)ccc21. The third kappa shape index (κ3) is 4.26. The Morgan fingerprint density at radius 3 is 2.92 bits per heavy atom. The number of fused-ring (bicyclic) bond motifs is 1. The number of amides is 1. The maximum Gasteiger partial charge on any atom is 0.236 e. The highest BCUT2D eigenvalue weighted by atomic mass is 19.1. The monoisotopic (exact) mass is 333 g/mol. The van der Waals surface area contributed by atoms with Crippen molar-refractivity contribution in [3.63, 3.8) is 0 Å². The lowest BCUT2D eigenvalue weighted by atomic mass is 9.85. The zero-order valence-corrected chi connectivity index (χ0v) is 14.3. The molecule has 0 unspecified atom stereocenters. The Kier molecular flexibility index (Phi) is 5.72. The van der Waals surface area contributed by atoms with Crippen LogP contribution >= 0.6 is 0 Å². The Morgan fingerprint density at radius 2 is 2.12 bits per heavy atom. The van der Waals surface area contributed by atoms with Crippen molar-refractivity contribution >= 4 is 11.6 Å². The van der Waals surface area contributed by atoms with Gasteiger partial charge in [-0.2, -0.15) is 0 Å². The van der Waals surface area contributed by atoms with Crippen molar-refractivity contribution in [1.29, 1.82) is 0 Å². The predicted octanol–water partition coefficient (Wildman–Crippen LogP) is 2.60. The van der Waals surface area contributed by atoms with Crippen molar-refractivity contribution in [2.45, 2.75) is 51.0 Å². The van der Waals surface area contributed by atoms with E-state index in [0.29, 0.717) is 12.5 Å². The molecule has 1 aromatic rings. The molecule has 0 saturated heterocycles. The predicted molar refractivity (Wildman–Crippen MR) is 94.5 cm³/mol. The molecular formula is C19H28FN3O. The minimum atomic E-state index is -0.395. The zero-order chi connectivity index (χ0) is 16.9. The van der Waals surface area contributed by atoms with Gasteiger partial charge in [0.25, 0.3) is 0 Å². The second kappa shape index (κ2) is 7.97. The van der Waals surface area contributed by atoms with Crippen molar-refractivity contribution in [2.75, 3.05) is 24.5 Å². The normalized spacial score (nSPS) is 19.2. The van der Waals surface area contributed by atoms with Crippen LogP contribution in [-0.2, 0) is 11.2 Å². The van der Waals surface area contributed by atoms with Crippen LogP contribution < -0.4 is 16.0 Å². The fourth-order valence-corrected chi connectivity index (χ4v) is 4.01. The lowest BCUT2D eigenvalue weighted by molar-refractivity contribution is -0.122. The minimum Gasteiger partial charge on any atom is -0.369 e. The number of hydrogen-bond acceptors (Lipinski definition) is 3. The molecule has 0 bridgehead atoms. The summed E-state index contributed by atoms with van der Waals surface area (Å²) in [7, 11) is 0. The molecule has 0 radical (unpaired) electrons. The van der Waals surface area contributed by atoms with Gasteiger partial charge in [0.2, 0.25) is 5.91 Å². The average molecular weight is 333 g/mol. The van der Waals surface area contributed by atoms with Crippen LogP contribution in [0.1, 0.15) is 44.1 Å². The summed E-state index contributed by atoms with van der Waals surface area (Å²) in [5.41, 5.74) is 8.20. The maximum absolute atomic E-state index is 13.2. The topological polar surface area (TPSA) is 58.4 Å². The Labute approximate surface area is 143 Å². The molecule has 1 fully saturated rings. The quantitative estimate of drug-likeness (QED) is 0.841. The highest BCUT2D eigenvalue weighted by molar-refractivity contribution is 5.81. The fraction of sp³-hybridized carbons (Fsp3) is 0.632. The van der Waals surface area contributed by atoms with E-state index in [1.807, 2.05) is 6.07 Å². The number of nitrogens with two attached hydrogens (primary N) is 1. The molecule has 1 saturated carbocycles. The third-order valence-electron chi connectivity index (χ3n) is 5.36. The van der Waals surface area contributed by atoms with Gasteiger partial charge in [0.05, 0.1) is 6.04 Å². The second-order valence-electron chi connectivity index (χ2n) is 7.15. The van der Waals surface area contributed by atoms with E-state index in [4.69, 9.17) is 5.73 Å². The van der Waals surface area contributed by atoms with E-state index in [-0.39, 0.29) is 11.7 Å². The largest absolute Gasteiger partial charge is 0.369 e. The minimum absolute atomic E-state index is 0.0425. The van der Waals surface area contributed by atoms with Gasteiger partial charge in [-0.15, -0.1) is 0 Å². The number of anilines is 1. The molecule has 2 aliphatic rings. The average Bonchev–Trinajstić information content (AvgIpc) is 2.97. The van der Waals surface area contributed by atoms with Crippen molar-refractivity contribution in [2.24, 2.45) is 11.7 Å². The number of carbonyl (C=O) groups is 1. The smallest absolute Gasteiger partial charge is 0.236 e. The molecule has 1 aliphatic carbocycles. The summed E-state index contributed by atoms with van der Waals surface area (Å²) in [6.07, 6.45) is 7.95. The van der Waals surface area contributed by atoms with E-state index in [0.717, 1.165) is 37.2 Å². The van der Waals surface area contributed by atoms with Crippen LogP contribution in [0.4, 0.5) is 10.1 Å². The molecule has 5 heteroatoms. The molecule has 1 aliphatic heterocycles. The third-order valence-corrected chi connectivity index (χ3v) is 5.36. The van der Waals surface area contributed by atoms with Gasteiger partial charge in [0.15, 0.2) is 0 Å². The van der Waals surface area contributed by atoms with Gasteiger partial charge in [-0.25, -0.2) is 4.39 Å². The Hall–Kier alpha value is -1.62. The van der Waals surface area contributed by atoms with Crippen LogP contribution in [0.2, 0.25) is 0 Å². The zero-order valence-electron chi connectivity index (χ0n) is 14.3. The Balaban J connectivity index is 1.41. The van der Waals surface area contributed by atoms with Crippen LogP contribution in [0.25, 0.3) is 0 Å². The first-order valence-corrected chi connectivity index (χ1v) is 9.20. The summed E-state index contributed by atoms with van der Waals surface area (Å²) >= 11 is 0. The number of carbonyl (C=O) groups excluding carboxylic acids is 1. The first-order valence-electron chi connectivity index (χ1n) is 9.20.